The Balaban J connectivity index is 2.36. The van der Waals surface area contributed by atoms with Crippen molar-refractivity contribution in [1.29, 1.82) is 0 Å². The molecule has 2 atom stereocenters. The number of oxime groups is 1. The van der Waals surface area contributed by atoms with Crippen LogP contribution in [0.1, 0.15) is 40.0 Å². The van der Waals surface area contributed by atoms with Crippen molar-refractivity contribution >= 4 is 11.7 Å². The van der Waals surface area contributed by atoms with E-state index in [1.165, 1.54) is 0 Å². The van der Waals surface area contributed by atoms with Gasteiger partial charge in [-0.25, -0.2) is 4.79 Å². The van der Waals surface area contributed by atoms with Crippen molar-refractivity contribution in [2.75, 3.05) is 6.61 Å². The van der Waals surface area contributed by atoms with Crippen LogP contribution >= 0.6 is 0 Å². The zero-order chi connectivity index (χ0) is 11.3. The molecule has 0 bridgehead atoms. The molecule has 0 aromatic rings. The lowest BCUT2D eigenvalue weighted by Crippen LogP contribution is -2.24. The third-order valence-corrected chi connectivity index (χ3v) is 2.58. The number of hydrogen-bond donors (Lipinski definition) is 0. The molecule has 0 aliphatic carbocycles. The van der Waals surface area contributed by atoms with Crippen LogP contribution in [0.25, 0.3) is 0 Å². The highest BCUT2D eigenvalue weighted by molar-refractivity contribution is 5.92. The van der Waals surface area contributed by atoms with Gasteiger partial charge in [-0.3, -0.25) is 0 Å². The van der Waals surface area contributed by atoms with Crippen LogP contribution in [-0.2, 0) is 14.4 Å². The number of carbonyl (C=O) groups is 1. The molecular weight excluding hydrogens is 194 g/mol. The first-order valence-corrected chi connectivity index (χ1v) is 5.58. The van der Waals surface area contributed by atoms with Gasteiger partial charge >= 0.3 is 5.97 Å². The van der Waals surface area contributed by atoms with Crippen molar-refractivity contribution < 1.29 is 14.4 Å². The molecule has 0 N–H and O–H groups in total. The van der Waals surface area contributed by atoms with Gasteiger partial charge in [0.25, 0.3) is 0 Å². The quantitative estimate of drug-likeness (QED) is 0.657. The van der Waals surface area contributed by atoms with Gasteiger partial charge in [0.1, 0.15) is 0 Å². The van der Waals surface area contributed by atoms with Crippen molar-refractivity contribution in [2.45, 2.75) is 46.1 Å². The minimum absolute atomic E-state index is 0.293. The molecule has 0 aromatic heterocycles. The minimum atomic E-state index is -0.513. The molecule has 1 aliphatic heterocycles. The van der Waals surface area contributed by atoms with Crippen molar-refractivity contribution in [3.63, 3.8) is 0 Å². The first kappa shape index (κ1) is 12.0. The summed E-state index contributed by atoms with van der Waals surface area (Å²) < 4.78 is 5.00. The second-order valence-electron chi connectivity index (χ2n) is 3.86. The minimum Gasteiger partial charge on any atom is -0.463 e. The summed E-state index contributed by atoms with van der Waals surface area (Å²) >= 11 is 0. The van der Waals surface area contributed by atoms with Crippen LogP contribution in [0.4, 0.5) is 0 Å². The number of ether oxygens (including phenoxy) is 1. The average Bonchev–Trinajstić information content (AvgIpc) is 2.74. The molecule has 15 heavy (non-hydrogen) atoms. The fourth-order valence-corrected chi connectivity index (χ4v) is 1.34. The number of nitrogens with zero attached hydrogens (tertiary/aromatic N) is 1. The van der Waals surface area contributed by atoms with Gasteiger partial charge < -0.3 is 9.57 Å². The van der Waals surface area contributed by atoms with Crippen molar-refractivity contribution in [1.82, 2.24) is 0 Å². The first-order valence-electron chi connectivity index (χ1n) is 5.58. The Morgan fingerprint density at radius 2 is 2.40 bits per heavy atom. The standard InChI is InChI=1S/C11H19NO3/c1-4-6-14-11(13)10-7-9(12-15-10)8(3)5-2/h8,10H,4-7H2,1-3H3. The summed E-state index contributed by atoms with van der Waals surface area (Å²) in [5.41, 5.74) is 0.968. The predicted octanol–water partition coefficient (Wildman–Crippen LogP) is 2.13. The van der Waals surface area contributed by atoms with E-state index in [-0.39, 0.29) is 5.97 Å². The van der Waals surface area contributed by atoms with E-state index in [2.05, 4.69) is 19.0 Å². The molecule has 86 valence electrons. The van der Waals surface area contributed by atoms with E-state index in [4.69, 9.17) is 9.57 Å². The zero-order valence-electron chi connectivity index (χ0n) is 9.66. The summed E-state index contributed by atoms with van der Waals surface area (Å²) in [7, 11) is 0. The SMILES string of the molecule is CCCOC(=O)C1CC(C(C)CC)=NO1. The molecule has 0 fully saturated rings. The van der Waals surface area contributed by atoms with Crippen molar-refractivity contribution in [3.8, 4) is 0 Å². The fourth-order valence-electron chi connectivity index (χ4n) is 1.34. The second kappa shape index (κ2) is 5.73. The van der Waals surface area contributed by atoms with Gasteiger partial charge in [0, 0.05) is 6.42 Å². The number of hydrogen-bond acceptors (Lipinski definition) is 4. The summed E-state index contributed by atoms with van der Waals surface area (Å²) in [4.78, 5) is 16.5. The smallest absolute Gasteiger partial charge is 0.350 e. The molecule has 0 spiro atoms. The van der Waals surface area contributed by atoms with Crippen LogP contribution in [0.5, 0.6) is 0 Å². The van der Waals surface area contributed by atoms with Crippen molar-refractivity contribution in [2.24, 2.45) is 11.1 Å². The van der Waals surface area contributed by atoms with E-state index >= 15 is 0 Å². The Morgan fingerprint density at radius 1 is 1.67 bits per heavy atom. The molecule has 0 amide bonds. The van der Waals surface area contributed by atoms with E-state index in [9.17, 15) is 4.79 Å². The van der Waals surface area contributed by atoms with E-state index in [1.54, 1.807) is 0 Å². The van der Waals surface area contributed by atoms with E-state index in [1.807, 2.05) is 6.92 Å². The van der Waals surface area contributed by atoms with Crippen LogP contribution in [0.3, 0.4) is 0 Å². The summed E-state index contributed by atoms with van der Waals surface area (Å²) in [6.07, 6.45) is 1.91. The number of esters is 1. The topological polar surface area (TPSA) is 47.9 Å². The lowest BCUT2D eigenvalue weighted by atomic mass is 9.98. The van der Waals surface area contributed by atoms with Crippen LogP contribution in [0.2, 0.25) is 0 Å². The maximum atomic E-state index is 11.4. The Morgan fingerprint density at radius 3 is 3.00 bits per heavy atom. The Kier molecular flexibility index (Phi) is 4.59. The molecule has 4 heteroatoms. The van der Waals surface area contributed by atoms with Crippen LogP contribution < -0.4 is 0 Å². The van der Waals surface area contributed by atoms with E-state index in [0.717, 1.165) is 18.6 Å². The summed E-state index contributed by atoms with van der Waals surface area (Å²) in [6, 6.07) is 0. The van der Waals surface area contributed by atoms with Crippen LogP contribution in [0, 0.1) is 5.92 Å². The lowest BCUT2D eigenvalue weighted by molar-refractivity contribution is -0.155. The molecule has 2 unspecified atom stereocenters. The first-order chi connectivity index (χ1) is 7.19. The summed E-state index contributed by atoms with van der Waals surface area (Å²) in [5, 5.41) is 3.93. The Labute approximate surface area is 90.6 Å². The van der Waals surface area contributed by atoms with Gasteiger partial charge in [-0.1, -0.05) is 25.9 Å². The largest absolute Gasteiger partial charge is 0.463 e. The van der Waals surface area contributed by atoms with Gasteiger partial charge in [0.05, 0.1) is 12.3 Å². The Bertz CT molecular complexity index is 250. The molecule has 0 saturated carbocycles. The third kappa shape index (κ3) is 3.22. The summed E-state index contributed by atoms with van der Waals surface area (Å²) in [5.74, 6) is 0.0906. The zero-order valence-corrected chi connectivity index (χ0v) is 9.66. The molecule has 0 radical (unpaired) electrons. The number of carbonyl (C=O) groups excluding carboxylic acids is 1. The van der Waals surface area contributed by atoms with Gasteiger partial charge in [0.2, 0.25) is 6.10 Å². The fraction of sp³-hybridized carbons (Fsp3) is 0.818. The van der Waals surface area contributed by atoms with Crippen LogP contribution in [-0.4, -0.2) is 24.4 Å². The van der Waals surface area contributed by atoms with Gasteiger partial charge in [-0.15, -0.1) is 0 Å². The van der Waals surface area contributed by atoms with Gasteiger partial charge in [-0.05, 0) is 18.8 Å². The maximum Gasteiger partial charge on any atom is 0.350 e. The summed E-state index contributed by atoms with van der Waals surface area (Å²) in [6.45, 7) is 6.60. The van der Waals surface area contributed by atoms with Crippen molar-refractivity contribution in [3.05, 3.63) is 0 Å². The highest BCUT2D eigenvalue weighted by Gasteiger charge is 2.31. The lowest BCUT2D eigenvalue weighted by Gasteiger charge is -2.08. The maximum absolute atomic E-state index is 11.4. The molecule has 1 heterocycles. The third-order valence-electron chi connectivity index (χ3n) is 2.58. The van der Waals surface area contributed by atoms with E-state index in [0.29, 0.717) is 18.9 Å². The highest BCUT2D eigenvalue weighted by atomic mass is 16.7. The molecule has 0 saturated heterocycles. The number of rotatable bonds is 5. The van der Waals surface area contributed by atoms with Gasteiger partial charge in [-0.2, -0.15) is 0 Å². The molecule has 1 aliphatic rings. The molecule has 4 nitrogen and oxygen atoms in total. The monoisotopic (exact) mass is 213 g/mol. The predicted molar refractivity (Wildman–Crippen MR) is 57.6 cm³/mol. The molecular formula is C11H19NO3. The van der Waals surface area contributed by atoms with Crippen LogP contribution in [0.15, 0.2) is 5.16 Å². The molecule has 1 rings (SSSR count). The highest BCUT2D eigenvalue weighted by Crippen LogP contribution is 2.19. The Hall–Kier alpha value is -1.06. The average molecular weight is 213 g/mol. The van der Waals surface area contributed by atoms with E-state index < -0.39 is 6.10 Å². The van der Waals surface area contributed by atoms with Gasteiger partial charge in [0.15, 0.2) is 0 Å². The molecule has 0 aromatic carbocycles. The second-order valence-corrected chi connectivity index (χ2v) is 3.86. The normalized spacial score (nSPS) is 21.8.